The van der Waals surface area contributed by atoms with Crippen LogP contribution < -0.4 is 15.4 Å². The Morgan fingerprint density at radius 3 is 2.51 bits per heavy atom. The minimum atomic E-state index is -1.07. The van der Waals surface area contributed by atoms with Gasteiger partial charge >= 0.3 is 6.03 Å². The van der Waals surface area contributed by atoms with E-state index in [-0.39, 0.29) is 25.1 Å². The molecule has 8 nitrogen and oxygen atoms in total. The van der Waals surface area contributed by atoms with Crippen LogP contribution in [0.2, 0.25) is 0 Å². The van der Waals surface area contributed by atoms with Crippen molar-refractivity contribution >= 4 is 23.5 Å². The molecule has 1 atom stereocenters. The van der Waals surface area contributed by atoms with E-state index in [0.29, 0.717) is 31.8 Å². The van der Waals surface area contributed by atoms with Crippen LogP contribution in [0.5, 0.6) is 5.75 Å². The van der Waals surface area contributed by atoms with Crippen LogP contribution in [0, 0.1) is 11.6 Å². The van der Waals surface area contributed by atoms with Gasteiger partial charge in [-0.15, -0.1) is 0 Å². The normalized spacial score (nSPS) is 19.4. The molecule has 0 spiro atoms. The molecule has 0 radical (unpaired) electrons. The van der Waals surface area contributed by atoms with Gasteiger partial charge in [0, 0.05) is 43.3 Å². The minimum absolute atomic E-state index is 0.0786. The van der Waals surface area contributed by atoms with Crippen LogP contribution in [0.4, 0.5) is 19.3 Å². The quantitative estimate of drug-likeness (QED) is 0.557. The summed E-state index contributed by atoms with van der Waals surface area (Å²) in [4.78, 5) is 39.3. The number of halogens is 2. The third-order valence-electron chi connectivity index (χ3n) is 6.58. The number of hydrogen-bond donors (Lipinski definition) is 2. The number of carbonyl (C=O) groups is 3. The Morgan fingerprint density at radius 1 is 1.14 bits per heavy atom. The topological polar surface area (TPSA) is 97.0 Å². The zero-order valence-electron chi connectivity index (χ0n) is 19.3. The molecule has 0 unspecified atom stereocenters. The molecule has 2 aromatic carbocycles. The summed E-state index contributed by atoms with van der Waals surface area (Å²) in [5.74, 6) is -2.24. The predicted molar refractivity (Wildman–Crippen MR) is 123 cm³/mol. The Morgan fingerprint density at radius 2 is 1.86 bits per heavy atom. The van der Waals surface area contributed by atoms with Crippen molar-refractivity contribution in [1.82, 2.24) is 10.2 Å². The van der Waals surface area contributed by atoms with Gasteiger partial charge in [-0.05, 0) is 49.1 Å². The molecule has 2 aliphatic heterocycles. The van der Waals surface area contributed by atoms with E-state index in [9.17, 15) is 23.2 Å². The third kappa shape index (κ3) is 5.43. The summed E-state index contributed by atoms with van der Waals surface area (Å²) in [5.41, 5.74) is 0.658. The number of methoxy groups -OCH3 is 1. The van der Waals surface area contributed by atoms with Crippen molar-refractivity contribution in [1.29, 1.82) is 0 Å². The highest BCUT2D eigenvalue weighted by Crippen LogP contribution is 2.37. The van der Waals surface area contributed by atoms with Gasteiger partial charge in [0.15, 0.2) is 11.6 Å². The highest BCUT2D eigenvalue weighted by molar-refractivity contribution is 6.04. The van der Waals surface area contributed by atoms with Gasteiger partial charge in [-0.3, -0.25) is 14.5 Å². The molecule has 35 heavy (non-hydrogen) atoms. The van der Waals surface area contributed by atoms with E-state index in [1.165, 1.54) is 11.0 Å². The molecule has 2 N–H and O–H groups in total. The summed E-state index contributed by atoms with van der Waals surface area (Å²) < 4.78 is 37.2. The standard InChI is InChI=1S/C25H27F2N3O5/c1-34-18-5-2-16(3-6-18)25(10-12-35-13-11-25)15-30-23(32)21(29-24(30)33)8-9-22(31)28-17-4-7-19(26)20(27)14-17/h2-7,14,21H,8-13,15H2,1H3,(H,28,31)(H,29,33)/t21-/m0/s1. The smallest absolute Gasteiger partial charge is 0.324 e. The van der Waals surface area contributed by atoms with Crippen LogP contribution in [0.1, 0.15) is 31.2 Å². The van der Waals surface area contributed by atoms with Gasteiger partial charge in [-0.25, -0.2) is 13.6 Å². The van der Waals surface area contributed by atoms with Crippen molar-refractivity contribution in [2.75, 3.05) is 32.2 Å². The van der Waals surface area contributed by atoms with Gasteiger partial charge in [-0.1, -0.05) is 12.1 Å². The van der Waals surface area contributed by atoms with E-state index in [2.05, 4.69) is 10.6 Å². The number of nitrogens with zero attached hydrogens (tertiary/aromatic N) is 1. The van der Waals surface area contributed by atoms with E-state index < -0.39 is 40.9 Å². The molecule has 2 heterocycles. The Balaban J connectivity index is 1.40. The van der Waals surface area contributed by atoms with Crippen molar-refractivity contribution < 1.29 is 32.6 Å². The Kier molecular flexibility index (Phi) is 7.30. The Hall–Kier alpha value is -3.53. The number of hydrogen-bond acceptors (Lipinski definition) is 5. The summed E-state index contributed by atoms with van der Waals surface area (Å²) in [6, 6.07) is 9.30. The van der Waals surface area contributed by atoms with Crippen molar-refractivity contribution in [2.45, 2.75) is 37.1 Å². The first-order chi connectivity index (χ1) is 16.8. The molecule has 0 aromatic heterocycles. The van der Waals surface area contributed by atoms with Crippen LogP contribution in [0.25, 0.3) is 0 Å². The molecule has 0 aliphatic carbocycles. The second-order valence-corrected chi connectivity index (χ2v) is 8.76. The number of nitrogens with one attached hydrogen (secondary N) is 2. The van der Waals surface area contributed by atoms with E-state index in [0.717, 1.165) is 17.7 Å². The number of amides is 4. The average molecular weight is 488 g/mol. The summed E-state index contributed by atoms with van der Waals surface area (Å²) in [7, 11) is 1.59. The van der Waals surface area contributed by atoms with Gasteiger partial charge in [-0.2, -0.15) is 0 Å². The Bertz CT molecular complexity index is 1100. The molecule has 2 fully saturated rings. The van der Waals surface area contributed by atoms with E-state index in [4.69, 9.17) is 9.47 Å². The first-order valence-electron chi connectivity index (χ1n) is 11.4. The first-order valence-corrected chi connectivity index (χ1v) is 11.4. The maximum absolute atomic E-state index is 13.3. The molecule has 10 heteroatoms. The molecule has 2 aliphatic rings. The maximum atomic E-state index is 13.3. The fourth-order valence-electron chi connectivity index (χ4n) is 4.54. The third-order valence-corrected chi connectivity index (χ3v) is 6.58. The van der Waals surface area contributed by atoms with Crippen molar-refractivity contribution in [3.05, 3.63) is 59.7 Å². The molecule has 2 aromatic rings. The summed E-state index contributed by atoms with van der Waals surface area (Å²) in [5, 5.41) is 5.13. The largest absolute Gasteiger partial charge is 0.497 e. The highest BCUT2D eigenvalue weighted by Gasteiger charge is 2.44. The van der Waals surface area contributed by atoms with Gasteiger partial charge in [0.05, 0.1) is 7.11 Å². The fourth-order valence-corrected chi connectivity index (χ4v) is 4.54. The van der Waals surface area contributed by atoms with Crippen molar-refractivity contribution in [3.8, 4) is 5.75 Å². The minimum Gasteiger partial charge on any atom is -0.497 e. The Labute approximate surface area is 201 Å². The summed E-state index contributed by atoms with van der Waals surface area (Å²) in [6.07, 6.45) is 1.30. The number of carbonyl (C=O) groups excluding carboxylic acids is 3. The van der Waals surface area contributed by atoms with Crippen LogP contribution in [0.15, 0.2) is 42.5 Å². The molecule has 2 saturated heterocycles. The lowest BCUT2D eigenvalue weighted by molar-refractivity contribution is -0.128. The predicted octanol–water partition coefficient (Wildman–Crippen LogP) is 3.36. The average Bonchev–Trinajstić information content (AvgIpc) is 3.13. The lowest BCUT2D eigenvalue weighted by Crippen LogP contribution is -2.47. The molecule has 0 saturated carbocycles. The first kappa shape index (κ1) is 24.6. The lowest BCUT2D eigenvalue weighted by atomic mass is 9.73. The number of urea groups is 1. The van der Waals surface area contributed by atoms with Crippen molar-refractivity contribution in [3.63, 3.8) is 0 Å². The van der Waals surface area contributed by atoms with Crippen LogP contribution in [-0.4, -0.2) is 55.7 Å². The molecular weight excluding hydrogens is 460 g/mol. The second kappa shape index (κ2) is 10.4. The zero-order valence-corrected chi connectivity index (χ0v) is 19.3. The molecule has 0 bridgehead atoms. The number of rotatable bonds is 8. The SMILES string of the molecule is COc1ccc(C2(CN3C(=O)N[C@@H](CCC(=O)Nc4ccc(F)c(F)c4)C3=O)CCOCC2)cc1. The van der Waals surface area contributed by atoms with Gasteiger partial charge in [0.2, 0.25) is 5.91 Å². The summed E-state index contributed by atoms with van der Waals surface area (Å²) in [6.45, 7) is 1.23. The maximum Gasteiger partial charge on any atom is 0.324 e. The van der Waals surface area contributed by atoms with E-state index >= 15 is 0 Å². The monoisotopic (exact) mass is 487 g/mol. The summed E-state index contributed by atoms with van der Waals surface area (Å²) >= 11 is 0. The van der Waals surface area contributed by atoms with Crippen molar-refractivity contribution in [2.24, 2.45) is 0 Å². The van der Waals surface area contributed by atoms with Gasteiger partial charge in [0.25, 0.3) is 5.91 Å². The zero-order chi connectivity index (χ0) is 25.0. The van der Waals surface area contributed by atoms with Crippen LogP contribution >= 0.6 is 0 Å². The van der Waals surface area contributed by atoms with Crippen LogP contribution in [0.3, 0.4) is 0 Å². The fraction of sp³-hybridized carbons (Fsp3) is 0.400. The molecule has 4 amide bonds. The number of ether oxygens (including phenoxy) is 2. The van der Waals surface area contributed by atoms with Gasteiger partial charge in [0.1, 0.15) is 11.8 Å². The number of imide groups is 1. The van der Waals surface area contributed by atoms with E-state index in [1.54, 1.807) is 7.11 Å². The second-order valence-electron chi connectivity index (χ2n) is 8.76. The lowest BCUT2D eigenvalue weighted by Gasteiger charge is -2.39. The molecular formula is C25H27F2N3O5. The molecule has 4 rings (SSSR count). The highest BCUT2D eigenvalue weighted by atomic mass is 19.2. The number of benzene rings is 2. The number of anilines is 1. The molecule has 186 valence electrons. The van der Waals surface area contributed by atoms with Crippen LogP contribution in [-0.2, 0) is 19.7 Å². The van der Waals surface area contributed by atoms with E-state index in [1.807, 2.05) is 24.3 Å². The van der Waals surface area contributed by atoms with Gasteiger partial charge < -0.3 is 20.1 Å².